The highest BCUT2D eigenvalue weighted by molar-refractivity contribution is 7.99. The molecule has 21 heavy (non-hydrogen) atoms. The zero-order valence-corrected chi connectivity index (χ0v) is 13.3. The van der Waals surface area contributed by atoms with Crippen molar-refractivity contribution in [2.45, 2.75) is 45.2 Å². The highest BCUT2D eigenvalue weighted by Gasteiger charge is 2.41. The molecule has 2 saturated heterocycles. The van der Waals surface area contributed by atoms with Crippen LogP contribution in [0.2, 0.25) is 0 Å². The third kappa shape index (κ3) is 3.17. The first kappa shape index (κ1) is 16.1. The fourth-order valence-electron chi connectivity index (χ4n) is 3.07. The molecule has 0 saturated carbocycles. The van der Waals surface area contributed by atoms with Crippen LogP contribution in [-0.4, -0.2) is 62.9 Å². The summed E-state index contributed by atoms with van der Waals surface area (Å²) in [7, 11) is 0. The summed E-state index contributed by atoms with van der Waals surface area (Å²) in [5.74, 6) is -0.313. The van der Waals surface area contributed by atoms with Crippen molar-refractivity contribution in [2.75, 3.05) is 18.2 Å². The van der Waals surface area contributed by atoms with E-state index in [1.54, 1.807) is 35.4 Å². The number of hydrogen-bond acceptors (Lipinski definition) is 4. The maximum Gasteiger partial charge on any atom is 0.308 e. The molecule has 1 N–H and O–H groups in total. The normalized spacial score (nSPS) is 29.5. The molecule has 3 atom stereocenters. The Labute approximate surface area is 128 Å². The minimum atomic E-state index is -0.845. The molecular weight excluding hydrogens is 292 g/mol. The molecule has 0 aromatic heterocycles. The molecule has 0 radical (unpaired) electrons. The van der Waals surface area contributed by atoms with Crippen molar-refractivity contribution >= 4 is 29.5 Å². The Morgan fingerprint density at radius 1 is 1.29 bits per heavy atom. The van der Waals surface area contributed by atoms with E-state index in [0.29, 0.717) is 37.4 Å². The number of likely N-dealkylation sites (tertiary alicyclic amines) is 1. The maximum atomic E-state index is 12.7. The number of hydrogen-bond donors (Lipinski definition) is 1. The van der Waals surface area contributed by atoms with Gasteiger partial charge in [-0.3, -0.25) is 14.4 Å². The smallest absolute Gasteiger partial charge is 0.308 e. The molecule has 2 amide bonds. The Bertz CT molecular complexity index is 443. The van der Waals surface area contributed by atoms with E-state index in [9.17, 15) is 19.5 Å². The van der Waals surface area contributed by atoms with E-state index in [4.69, 9.17) is 0 Å². The summed E-state index contributed by atoms with van der Waals surface area (Å²) in [6, 6.07) is -0.745. The third-order valence-corrected chi connectivity index (χ3v) is 5.39. The molecule has 0 bridgehead atoms. The van der Waals surface area contributed by atoms with Gasteiger partial charge in [-0.15, -0.1) is 11.8 Å². The van der Waals surface area contributed by atoms with Crippen molar-refractivity contribution in [3.05, 3.63) is 0 Å². The molecule has 0 aliphatic carbocycles. The number of nitrogens with zero attached hydrogens (tertiary/aromatic N) is 2. The van der Waals surface area contributed by atoms with Crippen LogP contribution in [0.1, 0.15) is 33.1 Å². The van der Waals surface area contributed by atoms with E-state index in [0.717, 1.165) is 0 Å². The first-order valence-corrected chi connectivity index (χ1v) is 8.53. The van der Waals surface area contributed by atoms with Gasteiger partial charge in [0, 0.05) is 24.8 Å². The van der Waals surface area contributed by atoms with Crippen LogP contribution in [-0.2, 0) is 14.4 Å². The predicted octanol–water partition coefficient (Wildman–Crippen LogP) is 1.01. The zero-order chi connectivity index (χ0) is 15.6. The molecule has 118 valence electrons. The number of carbonyl (C=O) groups is 3. The molecule has 0 aromatic carbocycles. The molecule has 2 aliphatic heterocycles. The van der Waals surface area contributed by atoms with Gasteiger partial charge in [0.25, 0.3) is 0 Å². The summed E-state index contributed by atoms with van der Waals surface area (Å²) in [5.41, 5.74) is 0. The number of amides is 2. The van der Waals surface area contributed by atoms with Crippen molar-refractivity contribution in [1.29, 1.82) is 0 Å². The number of piperidine rings is 1. The summed E-state index contributed by atoms with van der Waals surface area (Å²) in [4.78, 5) is 39.2. The van der Waals surface area contributed by atoms with Crippen LogP contribution in [0.15, 0.2) is 0 Å². The van der Waals surface area contributed by atoms with Crippen molar-refractivity contribution in [1.82, 2.24) is 9.80 Å². The second kappa shape index (κ2) is 6.68. The second-order valence-electron chi connectivity index (χ2n) is 5.59. The second-order valence-corrected chi connectivity index (χ2v) is 6.59. The van der Waals surface area contributed by atoms with Crippen LogP contribution >= 0.6 is 11.8 Å². The van der Waals surface area contributed by atoms with Gasteiger partial charge >= 0.3 is 5.97 Å². The largest absolute Gasteiger partial charge is 0.481 e. The van der Waals surface area contributed by atoms with Gasteiger partial charge in [-0.1, -0.05) is 6.92 Å². The zero-order valence-electron chi connectivity index (χ0n) is 12.4. The van der Waals surface area contributed by atoms with Gasteiger partial charge in [0.1, 0.15) is 6.04 Å². The van der Waals surface area contributed by atoms with E-state index >= 15 is 0 Å². The van der Waals surface area contributed by atoms with Gasteiger partial charge in [-0.05, 0) is 19.8 Å². The molecule has 7 heteroatoms. The van der Waals surface area contributed by atoms with Gasteiger partial charge < -0.3 is 14.9 Å². The monoisotopic (exact) mass is 314 g/mol. The van der Waals surface area contributed by atoms with E-state index in [-0.39, 0.29) is 17.9 Å². The highest BCUT2D eigenvalue weighted by atomic mass is 32.2. The minimum absolute atomic E-state index is 0.0159. The van der Waals surface area contributed by atoms with Crippen molar-refractivity contribution in [2.24, 2.45) is 5.92 Å². The lowest BCUT2D eigenvalue weighted by atomic mass is 9.90. The Morgan fingerprint density at radius 2 is 2.00 bits per heavy atom. The molecule has 0 aromatic rings. The molecule has 6 nitrogen and oxygen atoms in total. The maximum absolute atomic E-state index is 12.7. The summed E-state index contributed by atoms with van der Waals surface area (Å²) in [5, 5.41) is 9.25. The molecular formula is C14H22N2O4S. The summed E-state index contributed by atoms with van der Waals surface area (Å²) >= 11 is 1.58. The van der Waals surface area contributed by atoms with Crippen molar-refractivity contribution < 1.29 is 19.5 Å². The highest BCUT2D eigenvalue weighted by Crippen LogP contribution is 2.28. The fraction of sp³-hybridized carbons (Fsp3) is 0.786. The molecule has 2 fully saturated rings. The number of rotatable bonds is 3. The summed E-state index contributed by atoms with van der Waals surface area (Å²) < 4.78 is 0. The van der Waals surface area contributed by atoms with Gasteiger partial charge in [0.15, 0.2) is 0 Å². The van der Waals surface area contributed by atoms with E-state index in [1.165, 1.54) is 0 Å². The molecule has 2 aliphatic rings. The Hall–Kier alpha value is -1.24. The lowest BCUT2D eigenvalue weighted by Gasteiger charge is -2.39. The lowest BCUT2D eigenvalue weighted by molar-refractivity contribution is -0.152. The Kier molecular flexibility index (Phi) is 5.13. The first-order chi connectivity index (χ1) is 9.97. The molecule has 2 rings (SSSR count). The van der Waals surface area contributed by atoms with Gasteiger partial charge in [0.05, 0.1) is 11.8 Å². The summed E-state index contributed by atoms with van der Waals surface area (Å²) in [6.45, 7) is 4.17. The van der Waals surface area contributed by atoms with Gasteiger partial charge in [-0.2, -0.15) is 0 Å². The fourth-order valence-corrected chi connectivity index (χ4v) is 4.24. The molecule has 2 heterocycles. The van der Waals surface area contributed by atoms with Crippen LogP contribution in [0.5, 0.6) is 0 Å². The number of carbonyl (C=O) groups excluding carboxylic acids is 2. The van der Waals surface area contributed by atoms with Crippen LogP contribution < -0.4 is 0 Å². The lowest BCUT2D eigenvalue weighted by Crippen LogP contribution is -2.55. The van der Waals surface area contributed by atoms with Crippen LogP contribution in [0.4, 0.5) is 0 Å². The number of aliphatic carboxylic acids is 1. The van der Waals surface area contributed by atoms with E-state index in [2.05, 4.69) is 0 Å². The standard InChI is InChI=1S/C14H22N2O4S/c1-3-12(17)16-8-21-7-11(16)13(18)15-6-4-5-10(9(15)2)14(19)20/h9-11H,3-8H2,1-2H3,(H,19,20)/t9-,10-,11?/m0/s1. The van der Waals surface area contributed by atoms with Gasteiger partial charge in [-0.25, -0.2) is 0 Å². The van der Waals surface area contributed by atoms with Crippen LogP contribution in [0.25, 0.3) is 0 Å². The molecule has 1 unspecified atom stereocenters. The van der Waals surface area contributed by atoms with E-state index < -0.39 is 17.9 Å². The summed E-state index contributed by atoms with van der Waals surface area (Å²) in [6.07, 6.45) is 1.70. The van der Waals surface area contributed by atoms with Crippen molar-refractivity contribution in [3.8, 4) is 0 Å². The average Bonchev–Trinajstić information content (AvgIpc) is 2.95. The van der Waals surface area contributed by atoms with Crippen molar-refractivity contribution in [3.63, 3.8) is 0 Å². The SMILES string of the molecule is CCC(=O)N1CSCC1C(=O)N1CCC[C@H](C(=O)O)[C@@H]1C. The first-order valence-electron chi connectivity index (χ1n) is 7.37. The number of carboxylic acid groups (broad SMARTS) is 1. The van der Waals surface area contributed by atoms with Crippen LogP contribution in [0.3, 0.4) is 0 Å². The van der Waals surface area contributed by atoms with Gasteiger partial charge in [0.2, 0.25) is 11.8 Å². The third-order valence-electron chi connectivity index (χ3n) is 4.38. The molecule has 0 spiro atoms. The topological polar surface area (TPSA) is 77.9 Å². The number of carboxylic acids is 1. The Morgan fingerprint density at radius 3 is 2.62 bits per heavy atom. The van der Waals surface area contributed by atoms with E-state index in [1.807, 2.05) is 0 Å². The average molecular weight is 314 g/mol. The van der Waals surface area contributed by atoms with Crippen LogP contribution in [0, 0.1) is 5.92 Å². The quantitative estimate of drug-likeness (QED) is 0.841. The minimum Gasteiger partial charge on any atom is -0.481 e. The Balaban J connectivity index is 2.11. The predicted molar refractivity (Wildman–Crippen MR) is 79.8 cm³/mol. The number of thioether (sulfide) groups is 1.